The van der Waals surface area contributed by atoms with Crippen molar-refractivity contribution in [2.75, 3.05) is 11.2 Å². The number of nitrogens with zero attached hydrogens (tertiary/aromatic N) is 4. The van der Waals surface area contributed by atoms with Gasteiger partial charge in [0.15, 0.2) is 0 Å². The van der Waals surface area contributed by atoms with E-state index in [1.54, 1.807) is 11.8 Å². The highest BCUT2D eigenvalue weighted by Gasteiger charge is 2.42. The molecule has 0 atom stereocenters. The van der Waals surface area contributed by atoms with Crippen LogP contribution >= 0.6 is 11.8 Å². The van der Waals surface area contributed by atoms with Crippen LogP contribution in [0.25, 0.3) is 16.8 Å². The molecule has 0 aromatic carbocycles. The van der Waals surface area contributed by atoms with Crippen molar-refractivity contribution in [1.82, 2.24) is 14.6 Å². The molecule has 0 bridgehead atoms. The summed E-state index contributed by atoms with van der Waals surface area (Å²) in [7, 11) is 0. The van der Waals surface area contributed by atoms with Crippen LogP contribution in [0.5, 0.6) is 0 Å². The zero-order chi connectivity index (χ0) is 18.7. The highest BCUT2D eigenvalue weighted by Crippen LogP contribution is 2.47. The third kappa shape index (κ3) is 2.83. The average Bonchev–Trinajstić information content (AvgIpc) is 3.55. The lowest BCUT2D eigenvalue weighted by Gasteiger charge is -2.25. The summed E-state index contributed by atoms with van der Waals surface area (Å²) >= 11 is 1.77. The number of rotatable bonds is 5. The first-order valence-electron chi connectivity index (χ1n) is 9.86. The smallest absolute Gasteiger partial charge is 0.142 e. The Hall–Kier alpha value is -2.01. The first kappa shape index (κ1) is 17.1. The Bertz CT molecular complexity index is 1020. The maximum Gasteiger partial charge on any atom is 0.142 e. The quantitative estimate of drug-likeness (QED) is 0.573. The molecule has 2 saturated carbocycles. The molecule has 2 aliphatic rings. The molecular formula is C22H26N4S. The lowest BCUT2D eigenvalue weighted by atomic mass is 10.1. The lowest BCUT2D eigenvalue weighted by Crippen LogP contribution is -2.28. The maximum atomic E-state index is 5.08. The lowest BCUT2D eigenvalue weighted by molar-refractivity contribution is 0.781. The fourth-order valence-electron chi connectivity index (χ4n) is 4.18. The summed E-state index contributed by atoms with van der Waals surface area (Å²) in [6.07, 6.45) is 9.43. The van der Waals surface area contributed by atoms with Crippen LogP contribution in [-0.4, -0.2) is 32.9 Å². The molecule has 27 heavy (non-hydrogen) atoms. The molecule has 0 spiro atoms. The molecule has 5 heteroatoms. The number of fused-ring (bicyclic) bond motifs is 1. The highest BCUT2D eigenvalue weighted by atomic mass is 32.2. The van der Waals surface area contributed by atoms with E-state index in [2.05, 4.69) is 52.7 Å². The topological polar surface area (TPSA) is 33.4 Å². The van der Waals surface area contributed by atoms with Crippen molar-refractivity contribution in [3.05, 3.63) is 41.2 Å². The van der Waals surface area contributed by atoms with Crippen molar-refractivity contribution in [3.63, 3.8) is 0 Å². The van der Waals surface area contributed by atoms with E-state index in [4.69, 9.17) is 5.10 Å². The molecule has 0 saturated heterocycles. The molecule has 3 aromatic rings. The van der Waals surface area contributed by atoms with Gasteiger partial charge < -0.3 is 4.90 Å². The third-order valence-electron chi connectivity index (χ3n) is 5.78. The minimum absolute atomic E-state index is 0.710. The van der Waals surface area contributed by atoms with Crippen LogP contribution in [0.1, 0.15) is 42.5 Å². The van der Waals surface area contributed by atoms with E-state index in [0.717, 1.165) is 22.0 Å². The van der Waals surface area contributed by atoms with Gasteiger partial charge in [0.2, 0.25) is 0 Å². The van der Waals surface area contributed by atoms with Crippen LogP contribution in [0.15, 0.2) is 29.4 Å². The van der Waals surface area contributed by atoms with Crippen LogP contribution in [0.3, 0.4) is 0 Å². The van der Waals surface area contributed by atoms with E-state index in [9.17, 15) is 0 Å². The van der Waals surface area contributed by atoms with Crippen LogP contribution in [0.4, 0.5) is 5.69 Å². The average molecular weight is 379 g/mol. The minimum atomic E-state index is 0.710. The van der Waals surface area contributed by atoms with Crippen molar-refractivity contribution in [1.29, 1.82) is 0 Å². The van der Waals surface area contributed by atoms with Gasteiger partial charge in [-0.1, -0.05) is 6.07 Å². The van der Waals surface area contributed by atoms with Gasteiger partial charge in [-0.2, -0.15) is 5.10 Å². The van der Waals surface area contributed by atoms with E-state index in [1.807, 2.05) is 13.1 Å². The van der Waals surface area contributed by atoms with Crippen LogP contribution in [-0.2, 0) is 0 Å². The molecule has 2 aliphatic carbocycles. The zero-order valence-corrected chi connectivity index (χ0v) is 17.3. The summed E-state index contributed by atoms with van der Waals surface area (Å²) in [5.41, 5.74) is 8.53. The minimum Gasteiger partial charge on any atom is -0.362 e. The standard InChI is InChI=1S/C22H26N4S/c1-13-5-10-19(18-12-23-15(3)11-14(18)2)26-20(13)21(22(24-26)27-4)25(16-6-7-16)17-8-9-17/h5,10-12,16-17H,6-9H2,1-4H3. The number of anilines is 1. The van der Waals surface area contributed by atoms with Crippen molar-refractivity contribution >= 4 is 23.0 Å². The molecule has 5 rings (SSSR count). The van der Waals surface area contributed by atoms with Gasteiger partial charge in [0.25, 0.3) is 0 Å². The predicted octanol–water partition coefficient (Wildman–Crippen LogP) is 5.17. The number of hydrogen-bond acceptors (Lipinski definition) is 4. The second kappa shape index (κ2) is 6.26. The van der Waals surface area contributed by atoms with Gasteiger partial charge in [-0.25, -0.2) is 4.52 Å². The van der Waals surface area contributed by atoms with Crippen molar-refractivity contribution < 1.29 is 0 Å². The van der Waals surface area contributed by atoms with Gasteiger partial charge in [-0.3, -0.25) is 4.98 Å². The van der Waals surface area contributed by atoms with Crippen molar-refractivity contribution in [3.8, 4) is 11.3 Å². The molecule has 0 aliphatic heterocycles. The summed E-state index contributed by atoms with van der Waals surface area (Å²) in [6, 6.07) is 8.02. The van der Waals surface area contributed by atoms with E-state index < -0.39 is 0 Å². The van der Waals surface area contributed by atoms with E-state index in [0.29, 0.717) is 12.1 Å². The molecule has 140 valence electrons. The fourth-order valence-corrected chi connectivity index (χ4v) is 4.74. The fraction of sp³-hybridized carbons (Fsp3) is 0.455. The third-order valence-corrected chi connectivity index (χ3v) is 6.44. The molecule has 3 heterocycles. The molecule has 4 nitrogen and oxygen atoms in total. The van der Waals surface area contributed by atoms with Gasteiger partial charge in [-0.05, 0) is 76.0 Å². The highest BCUT2D eigenvalue weighted by molar-refractivity contribution is 7.98. The first-order chi connectivity index (χ1) is 13.1. The summed E-state index contributed by atoms with van der Waals surface area (Å²) in [4.78, 5) is 7.25. The Morgan fingerprint density at radius 2 is 1.74 bits per heavy atom. The van der Waals surface area contributed by atoms with Crippen LogP contribution in [0.2, 0.25) is 0 Å². The van der Waals surface area contributed by atoms with Gasteiger partial charge in [0, 0.05) is 29.5 Å². The number of hydrogen-bond donors (Lipinski definition) is 0. The molecule has 2 fully saturated rings. The summed E-state index contributed by atoms with van der Waals surface area (Å²) in [6.45, 7) is 6.42. The van der Waals surface area contributed by atoms with Crippen LogP contribution < -0.4 is 4.90 Å². The Morgan fingerprint density at radius 3 is 2.33 bits per heavy atom. The van der Waals surface area contributed by atoms with Crippen molar-refractivity contribution in [2.24, 2.45) is 0 Å². The van der Waals surface area contributed by atoms with E-state index in [1.165, 1.54) is 48.0 Å². The SMILES string of the molecule is CSc1nn2c(-c3cnc(C)cc3C)ccc(C)c2c1N(C1CC1)C1CC1. The molecule has 0 unspecified atom stereocenters. The van der Waals surface area contributed by atoms with E-state index >= 15 is 0 Å². The van der Waals surface area contributed by atoms with Gasteiger partial charge in [0.1, 0.15) is 5.03 Å². The molecule has 0 radical (unpaired) electrons. The number of pyridine rings is 2. The molecule has 3 aromatic heterocycles. The molecule has 0 amide bonds. The maximum absolute atomic E-state index is 5.08. The second-order valence-corrected chi connectivity index (χ2v) is 8.83. The zero-order valence-electron chi connectivity index (χ0n) is 16.5. The first-order valence-corrected chi connectivity index (χ1v) is 11.1. The largest absolute Gasteiger partial charge is 0.362 e. The number of aryl methyl sites for hydroxylation is 3. The summed E-state index contributed by atoms with van der Waals surface area (Å²) in [5, 5.41) is 6.24. The van der Waals surface area contributed by atoms with Crippen LogP contribution in [0, 0.1) is 20.8 Å². The second-order valence-electron chi connectivity index (χ2n) is 8.03. The monoisotopic (exact) mass is 378 g/mol. The van der Waals surface area contributed by atoms with Gasteiger partial charge in [-0.15, -0.1) is 11.8 Å². The summed E-state index contributed by atoms with van der Waals surface area (Å²) in [5.74, 6) is 0. The van der Waals surface area contributed by atoms with Gasteiger partial charge in [0.05, 0.1) is 16.9 Å². The number of aromatic nitrogens is 3. The van der Waals surface area contributed by atoms with Gasteiger partial charge >= 0.3 is 0 Å². The predicted molar refractivity (Wildman–Crippen MR) is 113 cm³/mol. The Morgan fingerprint density at radius 1 is 1.04 bits per heavy atom. The van der Waals surface area contributed by atoms with Crippen molar-refractivity contribution in [2.45, 2.75) is 63.6 Å². The normalized spacial score (nSPS) is 16.9. The molecule has 0 N–H and O–H groups in total. The van der Waals surface area contributed by atoms with E-state index in [-0.39, 0.29) is 0 Å². The Balaban J connectivity index is 1.77. The summed E-state index contributed by atoms with van der Waals surface area (Å²) < 4.78 is 2.17. The Kier molecular flexibility index (Phi) is 3.97. The Labute approximate surface area is 165 Å². The number of thioether (sulfide) groups is 1. The molecular weight excluding hydrogens is 352 g/mol.